The Morgan fingerprint density at radius 2 is 2.00 bits per heavy atom. The highest BCUT2D eigenvalue weighted by Crippen LogP contribution is 2.31. The van der Waals surface area contributed by atoms with Gasteiger partial charge in [-0.1, -0.05) is 0 Å². The molecule has 24 heavy (non-hydrogen) atoms. The number of esters is 1. The predicted octanol–water partition coefficient (Wildman–Crippen LogP) is 2.87. The van der Waals surface area contributed by atoms with Gasteiger partial charge in [-0.15, -0.1) is 0 Å². The van der Waals surface area contributed by atoms with Crippen molar-refractivity contribution in [1.29, 1.82) is 0 Å². The fourth-order valence-corrected chi connectivity index (χ4v) is 3.02. The van der Waals surface area contributed by atoms with Crippen LogP contribution in [0.5, 0.6) is 0 Å². The van der Waals surface area contributed by atoms with Crippen molar-refractivity contribution in [3.8, 4) is 0 Å². The summed E-state index contributed by atoms with van der Waals surface area (Å²) in [6.45, 7) is 5.42. The lowest BCUT2D eigenvalue weighted by Gasteiger charge is -2.12. The molecule has 0 aliphatic carbocycles. The molecular weight excluding hydrogens is 310 g/mol. The summed E-state index contributed by atoms with van der Waals surface area (Å²) in [5.74, 6) is -0.771. The summed E-state index contributed by atoms with van der Waals surface area (Å²) < 4.78 is 10.3. The molecule has 0 saturated carbocycles. The van der Waals surface area contributed by atoms with E-state index in [0.29, 0.717) is 28.0 Å². The molecule has 0 saturated heterocycles. The Morgan fingerprint density at radius 1 is 1.25 bits per heavy atom. The number of carbonyl (C=O) groups is 3. The summed E-state index contributed by atoms with van der Waals surface area (Å²) in [6, 6.07) is 4.98. The zero-order chi connectivity index (χ0) is 17.4. The molecule has 0 fully saturated rings. The fourth-order valence-electron chi connectivity index (χ4n) is 3.02. The Bertz CT molecular complexity index is 836. The number of amides is 2. The average molecular weight is 327 g/mol. The number of ether oxygens (including phenoxy) is 1. The van der Waals surface area contributed by atoms with E-state index in [2.05, 4.69) is 0 Å². The first kappa shape index (κ1) is 16.0. The molecule has 6 heteroatoms. The SMILES string of the molecule is CCOC(=O)c1c(C)cc2c(c1C)C(=O)N(Cc1ccco1)C2=O. The number of rotatable bonds is 4. The van der Waals surface area contributed by atoms with E-state index in [0.717, 1.165) is 4.90 Å². The van der Waals surface area contributed by atoms with Crippen LogP contribution in [0.2, 0.25) is 0 Å². The number of benzene rings is 1. The Balaban J connectivity index is 2.05. The zero-order valence-corrected chi connectivity index (χ0v) is 13.7. The number of hydrogen-bond acceptors (Lipinski definition) is 5. The number of nitrogens with zero attached hydrogens (tertiary/aromatic N) is 1. The smallest absolute Gasteiger partial charge is 0.338 e. The first-order valence-corrected chi connectivity index (χ1v) is 7.65. The van der Waals surface area contributed by atoms with Gasteiger partial charge in [0.1, 0.15) is 5.76 Å². The molecule has 1 aromatic heterocycles. The van der Waals surface area contributed by atoms with E-state index in [9.17, 15) is 14.4 Å². The second kappa shape index (κ2) is 5.96. The monoisotopic (exact) mass is 327 g/mol. The van der Waals surface area contributed by atoms with Gasteiger partial charge in [-0.3, -0.25) is 14.5 Å². The van der Waals surface area contributed by atoms with Crippen LogP contribution in [0, 0.1) is 13.8 Å². The number of aryl methyl sites for hydroxylation is 1. The molecule has 0 bridgehead atoms. The quantitative estimate of drug-likeness (QED) is 0.637. The molecule has 0 unspecified atom stereocenters. The summed E-state index contributed by atoms with van der Waals surface area (Å²) in [6.07, 6.45) is 1.49. The van der Waals surface area contributed by atoms with E-state index in [1.165, 1.54) is 6.26 Å². The molecule has 1 aliphatic heterocycles. The van der Waals surface area contributed by atoms with Crippen molar-refractivity contribution in [3.63, 3.8) is 0 Å². The number of imide groups is 1. The summed E-state index contributed by atoms with van der Waals surface area (Å²) in [7, 11) is 0. The summed E-state index contributed by atoms with van der Waals surface area (Å²) >= 11 is 0. The van der Waals surface area contributed by atoms with Crippen LogP contribution in [-0.2, 0) is 11.3 Å². The van der Waals surface area contributed by atoms with Crippen LogP contribution in [0.15, 0.2) is 28.9 Å². The largest absolute Gasteiger partial charge is 0.467 e. The van der Waals surface area contributed by atoms with E-state index in [-0.39, 0.29) is 24.6 Å². The van der Waals surface area contributed by atoms with Crippen LogP contribution in [0.3, 0.4) is 0 Å². The normalized spacial score (nSPS) is 13.4. The molecule has 2 aromatic rings. The molecule has 0 radical (unpaired) electrons. The fraction of sp³-hybridized carbons (Fsp3) is 0.278. The standard InChI is InChI=1S/C18H17NO5/c1-4-23-18(22)14-10(2)8-13-15(11(14)3)17(21)19(16(13)20)9-12-6-5-7-24-12/h5-8H,4,9H2,1-3H3. The van der Waals surface area contributed by atoms with Crippen LogP contribution in [0.1, 0.15) is 54.9 Å². The Hall–Kier alpha value is -2.89. The van der Waals surface area contributed by atoms with E-state index in [1.54, 1.807) is 39.0 Å². The van der Waals surface area contributed by atoms with Gasteiger partial charge < -0.3 is 9.15 Å². The first-order valence-electron chi connectivity index (χ1n) is 7.65. The maximum atomic E-state index is 12.7. The molecule has 2 heterocycles. The third-order valence-electron chi connectivity index (χ3n) is 4.08. The van der Waals surface area contributed by atoms with Crippen molar-refractivity contribution in [1.82, 2.24) is 4.90 Å². The van der Waals surface area contributed by atoms with Crippen molar-refractivity contribution < 1.29 is 23.5 Å². The molecule has 124 valence electrons. The summed E-state index contributed by atoms with van der Waals surface area (Å²) in [5.41, 5.74) is 2.01. The minimum atomic E-state index is -0.486. The number of hydrogen-bond donors (Lipinski definition) is 0. The molecular formula is C18H17NO5. The van der Waals surface area contributed by atoms with Gasteiger partial charge in [0.15, 0.2) is 0 Å². The zero-order valence-electron chi connectivity index (χ0n) is 13.7. The molecule has 3 rings (SSSR count). The summed E-state index contributed by atoms with van der Waals surface area (Å²) in [4.78, 5) is 38.6. The highest BCUT2D eigenvalue weighted by Gasteiger charge is 2.39. The van der Waals surface area contributed by atoms with E-state index < -0.39 is 11.9 Å². The van der Waals surface area contributed by atoms with Gasteiger partial charge >= 0.3 is 5.97 Å². The summed E-state index contributed by atoms with van der Waals surface area (Å²) in [5, 5.41) is 0. The lowest BCUT2D eigenvalue weighted by Crippen LogP contribution is -2.29. The number of furan rings is 1. The molecule has 2 amide bonds. The predicted molar refractivity (Wildman–Crippen MR) is 84.8 cm³/mol. The highest BCUT2D eigenvalue weighted by molar-refractivity contribution is 6.23. The Morgan fingerprint density at radius 3 is 2.62 bits per heavy atom. The number of fused-ring (bicyclic) bond motifs is 1. The second-order valence-electron chi connectivity index (χ2n) is 5.61. The second-order valence-corrected chi connectivity index (χ2v) is 5.61. The van der Waals surface area contributed by atoms with E-state index in [4.69, 9.17) is 9.15 Å². The maximum absolute atomic E-state index is 12.7. The first-order chi connectivity index (χ1) is 11.5. The lowest BCUT2D eigenvalue weighted by molar-refractivity contribution is 0.0524. The third kappa shape index (κ3) is 2.40. The van der Waals surface area contributed by atoms with Crippen molar-refractivity contribution >= 4 is 17.8 Å². The van der Waals surface area contributed by atoms with Crippen LogP contribution >= 0.6 is 0 Å². The maximum Gasteiger partial charge on any atom is 0.338 e. The van der Waals surface area contributed by atoms with Crippen LogP contribution < -0.4 is 0 Å². The molecule has 1 aromatic carbocycles. The lowest BCUT2D eigenvalue weighted by atomic mass is 9.94. The van der Waals surface area contributed by atoms with E-state index >= 15 is 0 Å². The molecule has 0 atom stereocenters. The van der Waals surface area contributed by atoms with Crippen molar-refractivity contribution in [2.24, 2.45) is 0 Å². The third-order valence-corrected chi connectivity index (χ3v) is 4.08. The van der Waals surface area contributed by atoms with Gasteiger partial charge in [-0.2, -0.15) is 0 Å². The van der Waals surface area contributed by atoms with Crippen LogP contribution in [-0.4, -0.2) is 29.3 Å². The van der Waals surface area contributed by atoms with Gasteiger partial charge in [-0.05, 0) is 50.1 Å². The minimum Gasteiger partial charge on any atom is -0.467 e. The van der Waals surface area contributed by atoms with Gasteiger partial charge in [0.2, 0.25) is 0 Å². The van der Waals surface area contributed by atoms with Crippen LogP contribution in [0.25, 0.3) is 0 Å². The van der Waals surface area contributed by atoms with Gasteiger partial charge in [0.25, 0.3) is 11.8 Å². The van der Waals surface area contributed by atoms with Gasteiger partial charge in [0.05, 0.1) is 36.1 Å². The minimum absolute atomic E-state index is 0.0621. The van der Waals surface area contributed by atoms with Crippen LogP contribution in [0.4, 0.5) is 0 Å². The highest BCUT2D eigenvalue weighted by atomic mass is 16.5. The molecule has 1 aliphatic rings. The van der Waals surface area contributed by atoms with Gasteiger partial charge in [-0.25, -0.2) is 4.79 Å². The Labute approximate surface area is 139 Å². The van der Waals surface area contributed by atoms with E-state index in [1.807, 2.05) is 0 Å². The van der Waals surface area contributed by atoms with Gasteiger partial charge in [0, 0.05) is 0 Å². The molecule has 0 spiro atoms. The number of carbonyl (C=O) groups excluding carboxylic acids is 3. The van der Waals surface area contributed by atoms with Crippen molar-refractivity contribution in [2.45, 2.75) is 27.3 Å². The molecule has 6 nitrogen and oxygen atoms in total. The Kier molecular flexibility index (Phi) is 3.97. The topological polar surface area (TPSA) is 76.8 Å². The van der Waals surface area contributed by atoms with Crippen molar-refractivity contribution in [2.75, 3.05) is 6.61 Å². The molecule has 0 N–H and O–H groups in total. The van der Waals surface area contributed by atoms with Crippen molar-refractivity contribution in [3.05, 3.63) is 58.0 Å². The average Bonchev–Trinajstić information content (AvgIpc) is 3.11.